The first-order valence-corrected chi connectivity index (χ1v) is 6.53. The molecule has 0 saturated heterocycles. The number of carbonyl (C=O) groups excluding carboxylic acids is 1. The molecule has 0 aliphatic heterocycles. The van der Waals surface area contributed by atoms with Gasteiger partial charge in [-0.1, -0.05) is 19.9 Å². The SMILES string of the molecule is COC(=O)C(C)(NCC(C)C)c1c(F)cccc1OC. The number of rotatable bonds is 6. The van der Waals surface area contributed by atoms with Gasteiger partial charge in [-0.25, -0.2) is 9.18 Å². The van der Waals surface area contributed by atoms with E-state index >= 15 is 0 Å². The molecule has 0 saturated carbocycles. The molecule has 0 fully saturated rings. The minimum absolute atomic E-state index is 0.162. The highest BCUT2D eigenvalue weighted by atomic mass is 19.1. The van der Waals surface area contributed by atoms with Crippen LogP contribution in [0.1, 0.15) is 26.3 Å². The van der Waals surface area contributed by atoms with Crippen molar-refractivity contribution < 1.29 is 18.7 Å². The van der Waals surface area contributed by atoms with E-state index in [0.29, 0.717) is 18.2 Å². The minimum Gasteiger partial charge on any atom is -0.496 e. The van der Waals surface area contributed by atoms with Crippen molar-refractivity contribution in [1.29, 1.82) is 0 Å². The number of ether oxygens (including phenoxy) is 2. The smallest absolute Gasteiger partial charge is 0.330 e. The second-order valence-electron chi connectivity index (χ2n) is 5.21. The van der Waals surface area contributed by atoms with E-state index in [1.54, 1.807) is 13.0 Å². The Morgan fingerprint density at radius 1 is 1.40 bits per heavy atom. The van der Waals surface area contributed by atoms with Crippen molar-refractivity contribution >= 4 is 5.97 Å². The molecule has 1 rings (SSSR count). The lowest BCUT2D eigenvalue weighted by Crippen LogP contribution is -2.49. The van der Waals surface area contributed by atoms with Crippen LogP contribution in [-0.4, -0.2) is 26.7 Å². The molecule has 1 atom stereocenters. The first-order chi connectivity index (χ1) is 9.36. The lowest BCUT2D eigenvalue weighted by Gasteiger charge is -2.31. The van der Waals surface area contributed by atoms with E-state index in [2.05, 4.69) is 5.32 Å². The average molecular weight is 283 g/mol. The van der Waals surface area contributed by atoms with Gasteiger partial charge in [0.05, 0.1) is 19.8 Å². The largest absolute Gasteiger partial charge is 0.496 e. The fraction of sp³-hybridized carbons (Fsp3) is 0.533. The molecule has 0 amide bonds. The Morgan fingerprint density at radius 2 is 2.05 bits per heavy atom. The van der Waals surface area contributed by atoms with Crippen LogP contribution in [0.25, 0.3) is 0 Å². The Kier molecular flexibility index (Phi) is 5.51. The summed E-state index contributed by atoms with van der Waals surface area (Å²) in [5, 5.41) is 3.08. The number of methoxy groups -OCH3 is 2. The Hall–Kier alpha value is -1.62. The van der Waals surface area contributed by atoms with Crippen LogP contribution in [-0.2, 0) is 15.1 Å². The molecule has 4 nitrogen and oxygen atoms in total. The fourth-order valence-corrected chi connectivity index (χ4v) is 2.03. The van der Waals surface area contributed by atoms with Gasteiger partial charge in [-0.2, -0.15) is 0 Å². The van der Waals surface area contributed by atoms with Crippen LogP contribution in [0.2, 0.25) is 0 Å². The monoisotopic (exact) mass is 283 g/mol. The predicted octanol–water partition coefficient (Wildman–Crippen LogP) is 2.47. The molecule has 0 bridgehead atoms. The van der Waals surface area contributed by atoms with E-state index in [0.717, 1.165) is 0 Å². The van der Waals surface area contributed by atoms with Gasteiger partial charge >= 0.3 is 5.97 Å². The second kappa shape index (κ2) is 6.70. The molecule has 0 aliphatic carbocycles. The predicted molar refractivity (Wildman–Crippen MR) is 75.2 cm³/mol. The molecular weight excluding hydrogens is 261 g/mol. The van der Waals surface area contributed by atoms with E-state index < -0.39 is 17.3 Å². The van der Waals surface area contributed by atoms with Crippen molar-refractivity contribution in [2.75, 3.05) is 20.8 Å². The molecule has 0 aliphatic rings. The summed E-state index contributed by atoms with van der Waals surface area (Å²) in [4.78, 5) is 12.2. The van der Waals surface area contributed by atoms with E-state index in [1.165, 1.54) is 26.4 Å². The molecule has 112 valence electrons. The lowest BCUT2D eigenvalue weighted by atomic mass is 9.90. The Bertz CT molecular complexity index is 476. The first-order valence-electron chi connectivity index (χ1n) is 6.53. The Labute approximate surface area is 119 Å². The standard InChI is InChI=1S/C15H22FNO3/c1-10(2)9-17-15(3,14(18)20-5)13-11(16)7-6-8-12(13)19-4/h6-8,10,17H,9H2,1-5H3. The number of nitrogens with one attached hydrogen (secondary N) is 1. The summed E-state index contributed by atoms with van der Waals surface area (Å²) in [7, 11) is 2.73. The van der Waals surface area contributed by atoms with Crippen LogP contribution >= 0.6 is 0 Å². The number of esters is 1. The maximum atomic E-state index is 14.2. The normalized spacial score (nSPS) is 13.9. The van der Waals surface area contributed by atoms with Crippen LogP contribution < -0.4 is 10.1 Å². The minimum atomic E-state index is -1.30. The second-order valence-corrected chi connectivity index (χ2v) is 5.21. The molecule has 1 unspecified atom stereocenters. The van der Waals surface area contributed by atoms with Gasteiger partial charge in [-0.3, -0.25) is 5.32 Å². The van der Waals surface area contributed by atoms with Crippen molar-refractivity contribution in [1.82, 2.24) is 5.32 Å². The Morgan fingerprint density at radius 3 is 2.55 bits per heavy atom. The van der Waals surface area contributed by atoms with Gasteiger partial charge in [0.25, 0.3) is 0 Å². The summed E-state index contributed by atoms with van der Waals surface area (Å²) in [6.45, 7) is 6.15. The number of benzene rings is 1. The highest BCUT2D eigenvalue weighted by Gasteiger charge is 2.40. The van der Waals surface area contributed by atoms with Gasteiger partial charge in [0.2, 0.25) is 0 Å². The van der Waals surface area contributed by atoms with E-state index in [9.17, 15) is 9.18 Å². The average Bonchev–Trinajstić information content (AvgIpc) is 2.43. The third-order valence-electron chi connectivity index (χ3n) is 3.15. The maximum Gasteiger partial charge on any atom is 0.330 e. The summed E-state index contributed by atoms with van der Waals surface area (Å²) in [5.74, 6) is -0.444. The molecule has 1 aromatic carbocycles. The highest BCUT2D eigenvalue weighted by molar-refractivity contribution is 5.83. The van der Waals surface area contributed by atoms with Crippen LogP contribution in [0.4, 0.5) is 4.39 Å². The van der Waals surface area contributed by atoms with Gasteiger partial charge in [0.15, 0.2) is 0 Å². The third-order valence-corrected chi connectivity index (χ3v) is 3.15. The molecule has 0 heterocycles. The van der Waals surface area contributed by atoms with Crippen molar-refractivity contribution in [2.24, 2.45) is 5.92 Å². The van der Waals surface area contributed by atoms with Gasteiger partial charge < -0.3 is 9.47 Å². The van der Waals surface area contributed by atoms with Crippen LogP contribution in [0.5, 0.6) is 5.75 Å². The quantitative estimate of drug-likeness (QED) is 0.815. The van der Waals surface area contributed by atoms with E-state index in [4.69, 9.17) is 9.47 Å². The number of hydrogen-bond acceptors (Lipinski definition) is 4. The van der Waals surface area contributed by atoms with Gasteiger partial charge in [-0.15, -0.1) is 0 Å². The van der Waals surface area contributed by atoms with Crippen LogP contribution in [0, 0.1) is 11.7 Å². The zero-order valence-electron chi connectivity index (χ0n) is 12.6. The fourth-order valence-electron chi connectivity index (χ4n) is 2.03. The first kappa shape index (κ1) is 16.4. The summed E-state index contributed by atoms with van der Waals surface area (Å²) in [6.07, 6.45) is 0. The zero-order valence-corrected chi connectivity index (χ0v) is 12.6. The summed E-state index contributed by atoms with van der Waals surface area (Å²) in [5.41, 5.74) is -1.13. The lowest BCUT2D eigenvalue weighted by molar-refractivity contribution is -0.148. The zero-order chi connectivity index (χ0) is 15.3. The van der Waals surface area contributed by atoms with Crippen LogP contribution in [0.3, 0.4) is 0 Å². The summed E-state index contributed by atoms with van der Waals surface area (Å²) >= 11 is 0. The maximum absolute atomic E-state index is 14.2. The highest BCUT2D eigenvalue weighted by Crippen LogP contribution is 2.33. The van der Waals surface area contributed by atoms with Gasteiger partial charge in [0.1, 0.15) is 17.1 Å². The molecule has 20 heavy (non-hydrogen) atoms. The molecule has 0 radical (unpaired) electrons. The number of carbonyl (C=O) groups is 1. The van der Waals surface area contributed by atoms with Crippen molar-refractivity contribution in [3.05, 3.63) is 29.6 Å². The molecule has 1 N–H and O–H groups in total. The topological polar surface area (TPSA) is 47.6 Å². The summed E-state index contributed by atoms with van der Waals surface area (Å²) < 4.78 is 24.2. The van der Waals surface area contributed by atoms with E-state index in [-0.39, 0.29) is 5.56 Å². The third kappa shape index (κ3) is 3.28. The molecular formula is C15H22FNO3. The van der Waals surface area contributed by atoms with Crippen LogP contribution in [0.15, 0.2) is 18.2 Å². The Balaban J connectivity index is 3.34. The molecule has 0 spiro atoms. The van der Waals surface area contributed by atoms with Crippen molar-refractivity contribution in [3.8, 4) is 5.75 Å². The van der Waals surface area contributed by atoms with Gasteiger partial charge in [0, 0.05) is 0 Å². The van der Waals surface area contributed by atoms with Crippen molar-refractivity contribution in [3.63, 3.8) is 0 Å². The number of halogens is 1. The summed E-state index contributed by atoms with van der Waals surface area (Å²) in [6, 6.07) is 4.46. The molecule has 5 heteroatoms. The number of hydrogen-bond donors (Lipinski definition) is 1. The van der Waals surface area contributed by atoms with Gasteiger partial charge in [-0.05, 0) is 31.5 Å². The molecule has 1 aromatic rings. The molecule has 0 aromatic heterocycles. The van der Waals surface area contributed by atoms with E-state index in [1.807, 2.05) is 13.8 Å². The van der Waals surface area contributed by atoms with Crippen molar-refractivity contribution in [2.45, 2.75) is 26.3 Å².